The van der Waals surface area contributed by atoms with Gasteiger partial charge in [-0.2, -0.15) is 0 Å². The first kappa shape index (κ1) is 13.5. The van der Waals surface area contributed by atoms with E-state index in [4.69, 9.17) is 10.5 Å². The molecule has 4 nitrogen and oxygen atoms in total. The van der Waals surface area contributed by atoms with Crippen LogP contribution in [0.4, 0.5) is 0 Å². The zero-order chi connectivity index (χ0) is 12.2. The molecule has 0 aromatic carbocycles. The van der Waals surface area contributed by atoms with Crippen LogP contribution >= 0.6 is 0 Å². The Kier molecular flexibility index (Phi) is 4.74. The van der Waals surface area contributed by atoms with E-state index in [-0.39, 0.29) is 18.6 Å². The number of nitrogens with two attached hydrogens (primary N) is 1. The minimum absolute atomic E-state index is 0.0522. The van der Waals surface area contributed by atoms with E-state index in [1.165, 1.54) is 0 Å². The lowest BCUT2D eigenvalue weighted by atomic mass is 9.73. The summed E-state index contributed by atoms with van der Waals surface area (Å²) in [5, 5.41) is 9.35. The number of rotatable bonds is 6. The van der Waals surface area contributed by atoms with E-state index < -0.39 is 11.4 Å². The molecule has 16 heavy (non-hydrogen) atoms. The van der Waals surface area contributed by atoms with Gasteiger partial charge >= 0.3 is 5.97 Å². The summed E-state index contributed by atoms with van der Waals surface area (Å²) in [6.45, 7) is 4.87. The molecule has 1 saturated heterocycles. The fraction of sp³-hybridized carbons (Fsp3) is 0.917. The largest absolute Gasteiger partial charge is 0.481 e. The van der Waals surface area contributed by atoms with E-state index in [9.17, 15) is 9.90 Å². The van der Waals surface area contributed by atoms with Crippen molar-refractivity contribution in [1.82, 2.24) is 0 Å². The van der Waals surface area contributed by atoms with Gasteiger partial charge in [-0.3, -0.25) is 4.79 Å². The Balaban J connectivity index is 2.58. The molecule has 1 aliphatic heterocycles. The molecule has 3 N–H and O–H groups in total. The lowest BCUT2D eigenvalue weighted by Gasteiger charge is -2.32. The molecule has 1 aliphatic rings. The second kappa shape index (κ2) is 5.64. The number of carboxylic acids is 1. The van der Waals surface area contributed by atoms with Crippen LogP contribution in [0, 0.1) is 11.3 Å². The first-order valence-corrected chi connectivity index (χ1v) is 6.08. The van der Waals surface area contributed by atoms with Crippen molar-refractivity contribution >= 4 is 5.97 Å². The highest BCUT2D eigenvalue weighted by molar-refractivity contribution is 5.75. The van der Waals surface area contributed by atoms with Gasteiger partial charge in [0.1, 0.15) is 0 Å². The average Bonchev–Trinajstić information content (AvgIpc) is 2.71. The van der Waals surface area contributed by atoms with Gasteiger partial charge in [-0.15, -0.1) is 0 Å². The monoisotopic (exact) mass is 229 g/mol. The van der Waals surface area contributed by atoms with Gasteiger partial charge in [-0.25, -0.2) is 0 Å². The van der Waals surface area contributed by atoms with E-state index >= 15 is 0 Å². The van der Waals surface area contributed by atoms with Crippen LogP contribution in [0.5, 0.6) is 0 Å². The van der Waals surface area contributed by atoms with Crippen LogP contribution < -0.4 is 5.73 Å². The van der Waals surface area contributed by atoms with Crippen molar-refractivity contribution in [1.29, 1.82) is 0 Å². The van der Waals surface area contributed by atoms with Gasteiger partial charge in [0.2, 0.25) is 0 Å². The first-order valence-electron chi connectivity index (χ1n) is 6.08. The van der Waals surface area contributed by atoms with E-state index in [1.54, 1.807) is 0 Å². The minimum atomic E-state index is -0.786. The molecule has 4 heteroatoms. The molecule has 0 aromatic heterocycles. The molecule has 1 fully saturated rings. The van der Waals surface area contributed by atoms with Crippen molar-refractivity contribution in [2.45, 2.75) is 45.6 Å². The van der Waals surface area contributed by atoms with Crippen LogP contribution in [0.2, 0.25) is 0 Å². The number of aliphatic carboxylic acids is 1. The van der Waals surface area contributed by atoms with Gasteiger partial charge < -0.3 is 15.6 Å². The van der Waals surface area contributed by atoms with Crippen LogP contribution in [0.15, 0.2) is 0 Å². The predicted octanol–water partition coefficient (Wildman–Crippen LogP) is 1.63. The number of ether oxygens (including phenoxy) is 1. The highest BCUT2D eigenvalue weighted by atomic mass is 16.5. The lowest BCUT2D eigenvalue weighted by Crippen LogP contribution is -2.43. The van der Waals surface area contributed by atoms with Crippen molar-refractivity contribution in [2.24, 2.45) is 17.1 Å². The van der Waals surface area contributed by atoms with Gasteiger partial charge in [-0.05, 0) is 31.6 Å². The smallest absolute Gasteiger partial charge is 0.311 e. The molecule has 1 rings (SSSR count). The third-order valence-corrected chi connectivity index (χ3v) is 3.83. The molecule has 0 spiro atoms. The van der Waals surface area contributed by atoms with E-state index in [0.717, 1.165) is 25.9 Å². The Morgan fingerprint density at radius 3 is 2.69 bits per heavy atom. The maximum absolute atomic E-state index is 11.4. The number of hydrogen-bond donors (Lipinski definition) is 2. The van der Waals surface area contributed by atoms with Crippen LogP contribution in [0.3, 0.4) is 0 Å². The van der Waals surface area contributed by atoms with Crippen molar-refractivity contribution in [2.75, 3.05) is 13.2 Å². The second-order valence-electron chi connectivity index (χ2n) is 4.99. The molecule has 2 atom stereocenters. The Bertz CT molecular complexity index is 236. The normalized spacial score (nSPS) is 24.6. The van der Waals surface area contributed by atoms with Crippen LogP contribution in [0.25, 0.3) is 0 Å². The number of carboxylic acid groups (broad SMARTS) is 1. The van der Waals surface area contributed by atoms with Gasteiger partial charge in [0, 0.05) is 13.2 Å². The van der Waals surface area contributed by atoms with Gasteiger partial charge in [0.25, 0.3) is 0 Å². The molecule has 94 valence electrons. The maximum atomic E-state index is 11.4. The zero-order valence-electron chi connectivity index (χ0n) is 10.2. The Hall–Kier alpha value is -0.610. The second-order valence-corrected chi connectivity index (χ2v) is 4.99. The number of carbonyl (C=O) groups is 1. The average molecular weight is 229 g/mol. The summed E-state index contributed by atoms with van der Waals surface area (Å²) in [5.41, 5.74) is 4.89. The molecule has 0 saturated carbocycles. The first-order chi connectivity index (χ1) is 7.53. The van der Waals surface area contributed by atoms with Crippen molar-refractivity contribution in [3.8, 4) is 0 Å². The van der Waals surface area contributed by atoms with Crippen LogP contribution in [-0.2, 0) is 9.53 Å². The zero-order valence-corrected chi connectivity index (χ0v) is 10.2. The molecule has 1 heterocycles. The highest BCUT2D eigenvalue weighted by Crippen LogP contribution is 2.34. The van der Waals surface area contributed by atoms with Gasteiger partial charge in [0.15, 0.2) is 0 Å². The fourth-order valence-electron chi connectivity index (χ4n) is 2.36. The summed E-state index contributed by atoms with van der Waals surface area (Å²) in [7, 11) is 0. The van der Waals surface area contributed by atoms with E-state index in [2.05, 4.69) is 0 Å². The predicted molar refractivity (Wildman–Crippen MR) is 62.2 cm³/mol. The SMILES string of the molecule is CC(C)C(CN)(CCC1CCCO1)C(=O)O. The summed E-state index contributed by atoms with van der Waals surface area (Å²) in [4.78, 5) is 11.4. The topological polar surface area (TPSA) is 72.5 Å². The summed E-state index contributed by atoms with van der Waals surface area (Å²) < 4.78 is 5.52. The summed E-state index contributed by atoms with van der Waals surface area (Å²) in [6.07, 6.45) is 3.81. The lowest BCUT2D eigenvalue weighted by molar-refractivity contribution is -0.152. The quantitative estimate of drug-likeness (QED) is 0.726. The minimum Gasteiger partial charge on any atom is -0.481 e. The van der Waals surface area contributed by atoms with E-state index in [1.807, 2.05) is 13.8 Å². The Morgan fingerprint density at radius 2 is 2.31 bits per heavy atom. The van der Waals surface area contributed by atoms with Gasteiger partial charge in [0.05, 0.1) is 11.5 Å². The van der Waals surface area contributed by atoms with Crippen LogP contribution in [0.1, 0.15) is 39.5 Å². The fourth-order valence-corrected chi connectivity index (χ4v) is 2.36. The number of hydrogen-bond acceptors (Lipinski definition) is 3. The highest BCUT2D eigenvalue weighted by Gasteiger charge is 2.40. The summed E-state index contributed by atoms with van der Waals surface area (Å²) in [5.74, 6) is -0.723. The Morgan fingerprint density at radius 1 is 1.62 bits per heavy atom. The van der Waals surface area contributed by atoms with Crippen molar-refractivity contribution in [3.05, 3.63) is 0 Å². The van der Waals surface area contributed by atoms with Crippen molar-refractivity contribution < 1.29 is 14.6 Å². The molecule has 0 bridgehead atoms. The molecule has 0 aromatic rings. The molecule has 0 radical (unpaired) electrons. The van der Waals surface area contributed by atoms with Gasteiger partial charge in [-0.1, -0.05) is 13.8 Å². The Labute approximate surface area is 97.2 Å². The summed E-state index contributed by atoms with van der Waals surface area (Å²) >= 11 is 0. The van der Waals surface area contributed by atoms with Crippen molar-refractivity contribution in [3.63, 3.8) is 0 Å². The maximum Gasteiger partial charge on any atom is 0.311 e. The molecular weight excluding hydrogens is 206 g/mol. The summed E-state index contributed by atoms with van der Waals surface area (Å²) in [6, 6.07) is 0. The molecule has 0 aliphatic carbocycles. The third-order valence-electron chi connectivity index (χ3n) is 3.83. The van der Waals surface area contributed by atoms with Crippen LogP contribution in [-0.4, -0.2) is 30.3 Å². The third kappa shape index (κ3) is 2.74. The molecular formula is C12H23NO3. The molecule has 2 unspecified atom stereocenters. The molecule has 0 amide bonds. The standard InChI is InChI=1S/C12H23NO3/c1-9(2)12(8-13,11(14)15)6-5-10-4-3-7-16-10/h9-10H,3-8,13H2,1-2H3,(H,14,15). The van der Waals surface area contributed by atoms with E-state index in [0.29, 0.717) is 6.42 Å².